The molecule has 0 spiro atoms. The average molecular weight is 301 g/mol. The normalized spacial score (nSPS) is 18.5. The van der Waals surface area contributed by atoms with Gasteiger partial charge in [0.2, 0.25) is 0 Å². The molecular formula is C15H19N5O2. The molecule has 1 unspecified atom stereocenters. The van der Waals surface area contributed by atoms with E-state index in [0.717, 1.165) is 24.2 Å². The van der Waals surface area contributed by atoms with Crippen LogP contribution in [0.25, 0.3) is 5.82 Å². The zero-order chi connectivity index (χ0) is 15.7. The van der Waals surface area contributed by atoms with E-state index >= 15 is 0 Å². The summed E-state index contributed by atoms with van der Waals surface area (Å²) in [6.45, 7) is 4.59. The molecule has 0 radical (unpaired) electrons. The Balaban J connectivity index is 1.96. The van der Waals surface area contributed by atoms with Crippen molar-refractivity contribution in [2.75, 3.05) is 11.4 Å². The number of hydrogen-bond donors (Lipinski definition) is 1. The molecule has 1 saturated heterocycles. The molecule has 1 aliphatic heterocycles. The van der Waals surface area contributed by atoms with Gasteiger partial charge in [0.15, 0.2) is 5.82 Å². The highest BCUT2D eigenvalue weighted by atomic mass is 16.4. The van der Waals surface area contributed by atoms with E-state index in [-0.39, 0.29) is 0 Å². The molecule has 3 rings (SSSR count). The predicted molar refractivity (Wildman–Crippen MR) is 81.2 cm³/mol. The molecule has 116 valence electrons. The highest BCUT2D eigenvalue weighted by Gasteiger charge is 2.29. The predicted octanol–water partition coefficient (Wildman–Crippen LogP) is 1.72. The summed E-state index contributed by atoms with van der Waals surface area (Å²) < 4.78 is 1.75. The van der Waals surface area contributed by atoms with E-state index < -0.39 is 12.0 Å². The van der Waals surface area contributed by atoms with E-state index in [2.05, 4.69) is 15.1 Å². The van der Waals surface area contributed by atoms with Gasteiger partial charge in [-0.25, -0.2) is 19.4 Å². The first-order chi connectivity index (χ1) is 10.6. The molecule has 22 heavy (non-hydrogen) atoms. The van der Waals surface area contributed by atoms with Crippen molar-refractivity contribution >= 4 is 11.8 Å². The van der Waals surface area contributed by atoms with Gasteiger partial charge in [0.05, 0.1) is 5.69 Å². The molecule has 0 aliphatic carbocycles. The number of anilines is 1. The number of carboxylic acid groups (broad SMARTS) is 1. The highest BCUT2D eigenvalue weighted by Crippen LogP contribution is 2.24. The van der Waals surface area contributed by atoms with Crippen molar-refractivity contribution in [1.82, 2.24) is 19.7 Å². The van der Waals surface area contributed by atoms with E-state index in [1.807, 2.05) is 24.8 Å². The van der Waals surface area contributed by atoms with Crippen LogP contribution < -0.4 is 4.90 Å². The Labute approximate surface area is 128 Å². The number of hydrogen-bond acceptors (Lipinski definition) is 5. The third-order valence-electron chi connectivity index (χ3n) is 3.95. The van der Waals surface area contributed by atoms with Crippen LogP contribution in [0.3, 0.4) is 0 Å². The number of rotatable bonds is 3. The first kappa shape index (κ1) is 14.5. The number of nitrogens with zero attached hydrogens (tertiary/aromatic N) is 5. The van der Waals surface area contributed by atoms with E-state index in [1.165, 1.54) is 6.33 Å². The largest absolute Gasteiger partial charge is 0.480 e. The molecule has 1 aliphatic rings. The molecule has 3 heterocycles. The van der Waals surface area contributed by atoms with Crippen LogP contribution >= 0.6 is 0 Å². The van der Waals surface area contributed by atoms with Crippen molar-refractivity contribution in [2.24, 2.45) is 0 Å². The first-order valence-corrected chi connectivity index (χ1v) is 7.41. The minimum absolute atomic E-state index is 0.517. The SMILES string of the molecule is Cc1cc(C)n(-c2cc(N3CCCCC3C(=O)O)ncn2)n1. The summed E-state index contributed by atoms with van der Waals surface area (Å²) in [6.07, 6.45) is 4.02. The third-order valence-corrected chi connectivity index (χ3v) is 3.95. The summed E-state index contributed by atoms with van der Waals surface area (Å²) in [6, 6.07) is 3.26. The molecule has 1 N–H and O–H groups in total. The van der Waals surface area contributed by atoms with Gasteiger partial charge in [-0.1, -0.05) is 0 Å². The van der Waals surface area contributed by atoms with Crippen LogP contribution in [0.2, 0.25) is 0 Å². The Morgan fingerprint density at radius 2 is 2.00 bits per heavy atom. The molecule has 0 amide bonds. The van der Waals surface area contributed by atoms with Crippen LogP contribution in [0.4, 0.5) is 5.82 Å². The lowest BCUT2D eigenvalue weighted by Crippen LogP contribution is -2.45. The standard InChI is InChI=1S/C15H19N5O2/c1-10-7-11(2)20(18-10)14-8-13(16-9-17-14)19-6-4-3-5-12(19)15(21)22/h7-9,12H,3-6H2,1-2H3,(H,21,22). The fourth-order valence-electron chi connectivity index (χ4n) is 2.93. The molecule has 7 nitrogen and oxygen atoms in total. The van der Waals surface area contributed by atoms with Gasteiger partial charge in [0.1, 0.15) is 18.2 Å². The van der Waals surface area contributed by atoms with Gasteiger partial charge in [-0.15, -0.1) is 0 Å². The van der Waals surface area contributed by atoms with Crippen molar-refractivity contribution in [1.29, 1.82) is 0 Å². The third kappa shape index (κ3) is 2.66. The van der Waals surface area contributed by atoms with Crippen LogP contribution in [-0.4, -0.2) is 43.4 Å². The van der Waals surface area contributed by atoms with Crippen LogP contribution in [0.15, 0.2) is 18.5 Å². The van der Waals surface area contributed by atoms with E-state index in [1.54, 1.807) is 10.7 Å². The van der Waals surface area contributed by atoms with Crippen LogP contribution in [0.1, 0.15) is 30.7 Å². The van der Waals surface area contributed by atoms with Gasteiger partial charge >= 0.3 is 5.97 Å². The van der Waals surface area contributed by atoms with Gasteiger partial charge in [0.25, 0.3) is 0 Å². The molecular weight excluding hydrogens is 282 g/mol. The second-order valence-corrected chi connectivity index (χ2v) is 5.62. The Kier molecular flexibility index (Phi) is 3.79. The second-order valence-electron chi connectivity index (χ2n) is 5.62. The van der Waals surface area contributed by atoms with Crippen molar-refractivity contribution in [3.8, 4) is 5.82 Å². The summed E-state index contributed by atoms with van der Waals surface area (Å²) >= 11 is 0. The van der Waals surface area contributed by atoms with Crippen LogP contribution in [-0.2, 0) is 4.79 Å². The minimum atomic E-state index is -0.800. The molecule has 2 aromatic heterocycles. The molecule has 1 atom stereocenters. The number of aromatic nitrogens is 4. The summed E-state index contributed by atoms with van der Waals surface area (Å²) in [4.78, 5) is 21.8. The van der Waals surface area contributed by atoms with Crippen molar-refractivity contribution in [2.45, 2.75) is 39.2 Å². The molecule has 2 aromatic rings. The van der Waals surface area contributed by atoms with Crippen molar-refractivity contribution in [3.05, 3.63) is 29.8 Å². The van der Waals surface area contributed by atoms with E-state index in [9.17, 15) is 9.90 Å². The van der Waals surface area contributed by atoms with Crippen molar-refractivity contribution in [3.63, 3.8) is 0 Å². The van der Waals surface area contributed by atoms with Crippen LogP contribution in [0.5, 0.6) is 0 Å². The second kappa shape index (κ2) is 5.75. The van der Waals surface area contributed by atoms with Gasteiger partial charge in [-0.05, 0) is 39.2 Å². The Morgan fingerprint density at radius 1 is 1.23 bits per heavy atom. The molecule has 0 aromatic carbocycles. The van der Waals surface area contributed by atoms with Gasteiger partial charge in [0, 0.05) is 18.3 Å². The lowest BCUT2D eigenvalue weighted by molar-refractivity contribution is -0.139. The average Bonchev–Trinajstić information content (AvgIpc) is 2.86. The fourth-order valence-corrected chi connectivity index (χ4v) is 2.93. The molecule has 0 saturated carbocycles. The zero-order valence-electron chi connectivity index (χ0n) is 12.7. The maximum absolute atomic E-state index is 11.4. The summed E-state index contributed by atoms with van der Waals surface area (Å²) in [5.41, 5.74) is 1.90. The number of aliphatic carboxylic acids is 1. The molecule has 7 heteroatoms. The lowest BCUT2D eigenvalue weighted by atomic mass is 10.0. The fraction of sp³-hybridized carbons (Fsp3) is 0.467. The van der Waals surface area contributed by atoms with Crippen molar-refractivity contribution < 1.29 is 9.90 Å². The zero-order valence-corrected chi connectivity index (χ0v) is 12.7. The Hall–Kier alpha value is -2.44. The molecule has 1 fully saturated rings. The van der Waals surface area contributed by atoms with Crippen LogP contribution in [0, 0.1) is 13.8 Å². The first-order valence-electron chi connectivity index (χ1n) is 7.41. The summed E-state index contributed by atoms with van der Waals surface area (Å²) in [7, 11) is 0. The maximum Gasteiger partial charge on any atom is 0.326 e. The Bertz CT molecular complexity index is 697. The van der Waals surface area contributed by atoms with Gasteiger partial charge in [-0.3, -0.25) is 0 Å². The number of carbonyl (C=O) groups is 1. The summed E-state index contributed by atoms with van der Waals surface area (Å²) in [5, 5.41) is 13.8. The van der Waals surface area contributed by atoms with E-state index in [0.29, 0.717) is 24.6 Å². The van der Waals surface area contributed by atoms with E-state index in [4.69, 9.17) is 0 Å². The van der Waals surface area contributed by atoms with Gasteiger partial charge in [-0.2, -0.15) is 5.10 Å². The maximum atomic E-state index is 11.4. The number of carboxylic acids is 1. The number of aryl methyl sites for hydroxylation is 2. The van der Waals surface area contributed by atoms with Gasteiger partial charge < -0.3 is 10.0 Å². The topological polar surface area (TPSA) is 84.1 Å². The Morgan fingerprint density at radius 3 is 2.68 bits per heavy atom. The summed E-state index contributed by atoms with van der Waals surface area (Å²) in [5.74, 6) is 0.501. The lowest BCUT2D eigenvalue weighted by Gasteiger charge is -2.33. The number of piperidine rings is 1. The highest BCUT2D eigenvalue weighted by molar-refractivity contribution is 5.78. The minimum Gasteiger partial charge on any atom is -0.480 e. The monoisotopic (exact) mass is 301 g/mol. The molecule has 0 bridgehead atoms. The smallest absolute Gasteiger partial charge is 0.326 e. The quantitative estimate of drug-likeness (QED) is 0.929.